The van der Waals surface area contributed by atoms with Crippen LogP contribution in [0, 0.1) is 0 Å². The van der Waals surface area contributed by atoms with Crippen LogP contribution < -0.4 is 24.4 Å². The maximum Gasteiger partial charge on any atom is 0.338 e. The molecular weight excluding hydrogens is 560 g/mol. The molecule has 0 fully saturated rings. The van der Waals surface area contributed by atoms with E-state index in [0.717, 1.165) is 10.0 Å². The third kappa shape index (κ3) is 5.56. The average Bonchev–Trinajstić information content (AvgIpc) is 3.19. The predicted octanol–water partition coefficient (Wildman–Crippen LogP) is 3.59. The number of fused-ring (bicyclic) bond motifs is 1. The molecule has 3 aromatic rings. The SMILES string of the molecule is CCOc1c(OC)cccc1[C@@H]1C(C(=O)OCCOC)=C(C)N=c2s/c(=C/c3ccc(Br)cc3)c(=O)n21. The summed E-state index contributed by atoms with van der Waals surface area (Å²) in [7, 11) is 3.08. The Morgan fingerprint density at radius 2 is 1.92 bits per heavy atom. The van der Waals surface area contributed by atoms with Gasteiger partial charge in [0.25, 0.3) is 5.56 Å². The number of ether oxygens (including phenoxy) is 4. The van der Waals surface area contributed by atoms with Gasteiger partial charge in [0, 0.05) is 17.1 Å². The van der Waals surface area contributed by atoms with Crippen molar-refractivity contribution in [2.75, 3.05) is 34.0 Å². The summed E-state index contributed by atoms with van der Waals surface area (Å²) in [6.45, 7) is 4.30. The standard InChI is InChI=1S/C27H27BrN2O6S/c1-5-35-24-19(7-6-8-20(24)34-4)23-22(26(32)36-14-13-33-3)16(2)29-27-30(23)25(31)21(37-27)15-17-9-11-18(28)12-10-17/h6-12,15,23H,5,13-14H2,1-4H3/b21-15+/t23-/m1/s1. The number of nitrogens with zero attached hydrogens (tertiary/aromatic N) is 2. The molecule has 0 saturated carbocycles. The lowest BCUT2D eigenvalue weighted by molar-refractivity contribution is -0.140. The molecule has 0 spiro atoms. The maximum absolute atomic E-state index is 13.8. The van der Waals surface area contributed by atoms with Gasteiger partial charge >= 0.3 is 5.97 Å². The molecule has 10 heteroatoms. The van der Waals surface area contributed by atoms with Crippen molar-refractivity contribution >= 4 is 39.3 Å². The molecular formula is C27H27BrN2O6S. The van der Waals surface area contributed by atoms with Crippen molar-refractivity contribution in [2.24, 2.45) is 4.99 Å². The first kappa shape index (κ1) is 26.8. The molecule has 1 atom stereocenters. The van der Waals surface area contributed by atoms with E-state index in [2.05, 4.69) is 20.9 Å². The van der Waals surface area contributed by atoms with Crippen molar-refractivity contribution in [1.29, 1.82) is 0 Å². The molecule has 2 heterocycles. The van der Waals surface area contributed by atoms with Crippen LogP contribution in [0.3, 0.4) is 0 Å². The molecule has 0 aliphatic carbocycles. The van der Waals surface area contributed by atoms with Crippen molar-refractivity contribution in [2.45, 2.75) is 19.9 Å². The Labute approximate surface area is 226 Å². The second-order valence-electron chi connectivity index (χ2n) is 8.07. The fraction of sp³-hybridized carbons (Fsp3) is 0.296. The van der Waals surface area contributed by atoms with Crippen molar-refractivity contribution in [1.82, 2.24) is 4.57 Å². The van der Waals surface area contributed by atoms with E-state index in [1.807, 2.05) is 43.3 Å². The summed E-state index contributed by atoms with van der Waals surface area (Å²) < 4.78 is 25.0. The van der Waals surface area contributed by atoms with E-state index in [4.69, 9.17) is 18.9 Å². The van der Waals surface area contributed by atoms with Crippen LogP contribution in [0.2, 0.25) is 0 Å². The van der Waals surface area contributed by atoms with Crippen LogP contribution >= 0.6 is 27.3 Å². The van der Waals surface area contributed by atoms with Gasteiger partial charge in [0.2, 0.25) is 0 Å². The van der Waals surface area contributed by atoms with E-state index in [-0.39, 0.29) is 24.3 Å². The van der Waals surface area contributed by atoms with Crippen LogP contribution in [0.5, 0.6) is 11.5 Å². The van der Waals surface area contributed by atoms with Crippen molar-refractivity contribution in [3.8, 4) is 11.5 Å². The van der Waals surface area contributed by atoms with Crippen LogP contribution in [0.1, 0.15) is 31.0 Å². The molecule has 0 unspecified atom stereocenters. The molecule has 4 rings (SSSR count). The van der Waals surface area contributed by atoms with Crippen molar-refractivity contribution < 1.29 is 23.7 Å². The Kier molecular flexibility index (Phi) is 8.63. The molecule has 0 amide bonds. The van der Waals surface area contributed by atoms with Gasteiger partial charge in [-0.25, -0.2) is 9.79 Å². The van der Waals surface area contributed by atoms with Gasteiger partial charge in [0.05, 0.1) is 36.1 Å². The van der Waals surface area contributed by atoms with E-state index >= 15 is 0 Å². The summed E-state index contributed by atoms with van der Waals surface area (Å²) in [6.07, 6.45) is 1.82. The van der Waals surface area contributed by atoms with Gasteiger partial charge in [-0.05, 0) is 43.7 Å². The van der Waals surface area contributed by atoms with Gasteiger partial charge in [-0.2, -0.15) is 0 Å². The van der Waals surface area contributed by atoms with Crippen LogP contribution in [-0.2, 0) is 14.3 Å². The predicted molar refractivity (Wildman–Crippen MR) is 145 cm³/mol. The lowest BCUT2D eigenvalue weighted by atomic mass is 9.94. The number of thiazole rings is 1. The number of esters is 1. The third-order valence-corrected chi connectivity index (χ3v) is 7.25. The molecule has 0 bridgehead atoms. The number of rotatable bonds is 9. The number of aromatic nitrogens is 1. The monoisotopic (exact) mass is 586 g/mol. The Morgan fingerprint density at radius 1 is 1.16 bits per heavy atom. The quantitative estimate of drug-likeness (QED) is 0.281. The lowest BCUT2D eigenvalue weighted by Gasteiger charge is -2.27. The van der Waals surface area contributed by atoms with Gasteiger partial charge in [-0.3, -0.25) is 9.36 Å². The molecule has 1 aliphatic heterocycles. The number of hydrogen-bond donors (Lipinski definition) is 0. The topological polar surface area (TPSA) is 88.4 Å². The summed E-state index contributed by atoms with van der Waals surface area (Å²) in [6, 6.07) is 12.2. The zero-order chi connectivity index (χ0) is 26.5. The number of carbonyl (C=O) groups excluding carboxylic acids is 1. The largest absolute Gasteiger partial charge is 0.493 e. The van der Waals surface area contributed by atoms with Crippen LogP contribution in [-0.4, -0.2) is 44.6 Å². The average molecular weight is 587 g/mol. The Hall–Kier alpha value is -3.21. The van der Waals surface area contributed by atoms with Gasteiger partial charge in [0.15, 0.2) is 16.3 Å². The molecule has 0 radical (unpaired) electrons. The molecule has 1 aromatic heterocycles. The normalized spacial score (nSPS) is 15.3. The van der Waals surface area contributed by atoms with E-state index in [1.54, 1.807) is 26.2 Å². The molecule has 2 aromatic carbocycles. The molecule has 0 N–H and O–H groups in total. The minimum absolute atomic E-state index is 0.0727. The maximum atomic E-state index is 13.8. The Bertz CT molecular complexity index is 1510. The highest BCUT2D eigenvalue weighted by atomic mass is 79.9. The van der Waals surface area contributed by atoms with Crippen LogP contribution in [0.4, 0.5) is 0 Å². The van der Waals surface area contributed by atoms with Crippen molar-refractivity contribution in [3.63, 3.8) is 0 Å². The summed E-state index contributed by atoms with van der Waals surface area (Å²) in [4.78, 5) is 32.3. The second-order valence-corrected chi connectivity index (χ2v) is 10.00. The van der Waals surface area contributed by atoms with Crippen molar-refractivity contribution in [3.05, 3.63) is 89.0 Å². The van der Waals surface area contributed by atoms with E-state index in [1.165, 1.54) is 23.0 Å². The number of para-hydroxylation sites is 1. The number of benzene rings is 2. The van der Waals surface area contributed by atoms with Gasteiger partial charge in [0.1, 0.15) is 12.6 Å². The smallest absolute Gasteiger partial charge is 0.338 e. The first-order valence-electron chi connectivity index (χ1n) is 11.6. The van der Waals surface area contributed by atoms with Gasteiger partial charge < -0.3 is 18.9 Å². The fourth-order valence-corrected chi connectivity index (χ4v) is 5.40. The number of allylic oxidation sites excluding steroid dienone is 1. The molecule has 0 saturated heterocycles. The zero-order valence-corrected chi connectivity index (χ0v) is 23.4. The number of hydrogen-bond acceptors (Lipinski definition) is 8. The second kappa shape index (κ2) is 11.9. The Morgan fingerprint density at radius 3 is 2.59 bits per heavy atom. The Balaban J connectivity index is 1.96. The third-order valence-electron chi connectivity index (χ3n) is 5.74. The van der Waals surface area contributed by atoms with E-state index < -0.39 is 12.0 Å². The van der Waals surface area contributed by atoms with Crippen LogP contribution in [0.15, 0.2) is 68.0 Å². The summed E-state index contributed by atoms with van der Waals surface area (Å²) in [5.74, 6) is 0.380. The van der Waals surface area contributed by atoms with E-state index in [9.17, 15) is 9.59 Å². The molecule has 8 nitrogen and oxygen atoms in total. The molecule has 37 heavy (non-hydrogen) atoms. The highest BCUT2D eigenvalue weighted by molar-refractivity contribution is 9.10. The fourth-order valence-electron chi connectivity index (χ4n) is 4.09. The minimum Gasteiger partial charge on any atom is -0.493 e. The lowest BCUT2D eigenvalue weighted by Crippen LogP contribution is -2.40. The van der Waals surface area contributed by atoms with Gasteiger partial charge in [-0.1, -0.05) is 51.5 Å². The number of carbonyl (C=O) groups is 1. The highest BCUT2D eigenvalue weighted by Crippen LogP contribution is 2.40. The summed E-state index contributed by atoms with van der Waals surface area (Å²) in [5.41, 5.74) is 1.93. The number of halogens is 1. The van der Waals surface area contributed by atoms with E-state index in [0.29, 0.717) is 38.7 Å². The summed E-state index contributed by atoms with van der Waals surface area (Å²) in [5, 5.41) is 0. The summed E-state index contributed by atoms with van der Waals surface area (Å²) >= 11 is 4.70. The first-order valence-corrected chi connectivity index (χ1v) is 13.2. The minimum atomic E-state index is -0.824. The number of methoxy groups -OCH3 is 2. The van der Waals surface area contributed by atoms with Gasteiger partial charge in [-0.15, -0.1) is 0 Å². The highest BCUT2D eigenvalue weighted by Gasteiger charge is 2.36. The first-order chi connectivity index (χ1) is 17.9. The molecule has 1 aliphatic rings. The van der Waals surface area contributed by atoms with Crippen LogP contribution in [0.25, 0.3) is 6.08 Å². The molecule has 194 valence electrons. The zero-order valence-electron chi connectivity index (χ0n) is 20.9.